The van der Waals surface area contributed by atoms with E-state index in [1.807, 2.05) is 19.1 Å². The van der Waals surface area contributed by atoms with Gasteiger partial charge in [0.15, 0.2) is 0 Å². The van der Waals surface area contributed by atoms with E-state index in [9.17, 15) is 9.18 Å². The molecule has 1 aliphatic heterocycles. The van der Waals surface area contributed by atoms with Crippen LogP contribution in [0.2, 0.25) is 5.02 Å². The molecule has 1 aliphatic carbocycles. The number of carbonyl (C=O) groups excluding carboxylic acids is 1. The van der Waals surface area contributed by atoms with Gasteiger partial charge in [-0.25, -0.2) is 14.4 Å². The maximum atomic E-state index is 13.6. The number of anilines is 3. The number of likely N-dealkylation sites (tertiary alicyclic amines) is 1. The van der Waals surface area contributed by atoms with Gasteiger partial charge in [0, 0.05) is 17.1 Å². The molecule has 2 N–H and O–H groups in total. The first-order valence-corrected chi connectivity index (χ1v) is 13.5. The molecule has 0 atom stereocenters. The van der Waals surface area contributed by atoms with E-state index in [1.165, 1.54) is 63.3 Å². The van der Waals surface area contributed by atoms with Gasteiger partial charge < -0.3 is 20.3 Å². The molecule has 1 aromatic heterocycles. The third-order valence-corrected chi connectivity index (χ3v) is 7.94. The van der Waals surface area contributed by atoms with Crippen LogP contribution in [0.5, 0.6) is 5.75 Å². The summed E-state index contributed by atoms with van der Waals surface area (Å²) >= 11 is 5.95. The summed E-state index contributed by atoms with van der Waals surface area (Å²) < 4.78 is 19.9. The van der Waals surface area contributed by atoms with E-state index in [0.717, 1.165) is 6.42 Å². The number of aromatic nitrogens is 2. The fourth-order valence-corrected chi connectivity index (χ4v) is 5.68. The zero-order valence-corrected chi connectivity index (χ0v) is 23.7. The van der Waals surface area contributed by atoms with Crippen molar-refractivity contribution in [1.82, 2.24) is 14.9 Å². The zero-order valence-electron chi connectivity index (χ0n) is 22.2. The second kappa shape index (κ2) is 12.5. The van der Waals surface area contributed by atoms with Gasteiger partial charge in [0.1, 0.15) is 23.7 Å². The molecule has 2 aliphatic rings. The first kappa shape index (κ1) is 29.1. The Morgan fingerprint density at radius 3 is 2.72 bits per heavy atom. The molecule has 39 heavy (non-hydrogen) atoms. The van der Waals surface area contributed by atoms with E-state index in [0.29, 0.717) is 51.8 Å². The summed E-state index contributed by atoms with van der Waals surface area (Å²) in [5.41, 5.74) is 2.27. The molecule has 2 fully saturated rings. The van der Waals surface area contributed by atoms with Crippen LogP contribution in [0.1, 0.15) is 39.0 Å². The Labute approximate surface area is 239 Å². The van der Waals surface area contributed by atoms with Crippen molar-refractivity contribution < 1.29 is 13.9 Å². The Kier molecular flexibility index (Phi) is 9.31. The number of amides is 1. The molecular formula is C29H34Cl2FN5O2. The number of nitrogens with zero attached hydrogens (tertiary/aromatic N) is 3. The van der Waals surface area contributed by atoms with Crippen molar-refractivity contribution in [3.63, 3.8) is 0 Å². The van der Waals surface area contributed by atoms with Crippen LogP contribution in [0.15, 0.2) is 48.8 Å². The molecule has 1 amide bonds. The molecule has 5 rings (SSSR count). The largest absolute Gasteiger partial charge is 0.491 e. The second-order valence-corrected chi connectivity index (χ2v) is 10.9. The Morgan fingerprint density at radius 2 is 2.00 bits per heavy atom. The van der Waals surface area contributed by atoms with Crippen molar-refractivity contribution in [2.45, 2.75) is 39.0 Å². The lowest BCUT2D eigenvalue weighted by molar-refractivity contribution is -0.111. The molecule has 208 valence electrons. The third kappa shape index (κ3) is 6.80. The van der Waals surface area contributed by atoms with Gasteiger partial charge in [0.05, 0.1) is 22.8 Å². The normalized spacial score (nSPS) is 17.1. The summed E-state index contributed by atoms with van der Waals surface area (Å²) in [7, 11) is 2.19. The van der Waals surface area contributed by atoms with Gasteiger partial charge >= 0.3 is 0 Å². The minimum Gasteiger partial charge on any atom is -0.491 e. The van der Waals surface area contributed by atoms with Crippen molar-refractivity contribution in [2.24, 2.45) is 11.3 Å². The highest BCUT2D eigenvalue weighted by molar-refractivity contribution is 6.31. The van der Waals surface area contributed by atoms with Crippen LogP contribution in [-0.2, 0) is 4.79 Å². The summed E-state index contributed by atoms with van der Waals surface area (Å²) in [6.07, 6.45) is 10.4. The van der Waals surface area contributed by atoms with Crippen LogP contribution in [0.4, 0.5) is 21.6 Å². The van der Waals surface area contributed by atoms with Gasteiger partial charge in [0.25, 0.3) is 0 Å². The zero-order chi connectivity index (χ0) is 26.7. The van der Waals surface area contributed by atoms with Gasteiger partial charge in [-0.3, -0.25) is 4.79 Å². The van der Waals surface area contributed by atoms with Crippen molar-refractivity contribution >= 4 is 58.0 Å². The predicted molar refractivity (Wildman–Crippen MR) is 157 cm³/mol. The standard InChI is InChI=1S/C29H33ClFN5O2.ClH/c1-3-4-5-27(37)35-25-13-21-24(32-18-33-28(21)34-20-6-7-23(31)22(30)12-20)14-26(25)38-17-19-15-29(16-19)8-10-36(2)11-9-29;/h4-7,12-14,18-19H,3,8-11,15-17H2,1-2H3,(H,35,37)(H,32,33,34);1H/b5-4+;. The SMILES string of the molecule is CC/C=C/C(=O)Nc1cc2c(Nc3ccc(F)c(Cl)c3)ncnc2cc1OCC1CC2(CCN(C)CC2)C1.Cl. The van der Waals surface area contributed by atoms with Crippen molar-refractivity contribution in [3.05, 3.63) is 59.7 Å². The Bertz CT molecular complexity index is 1350. The number of hydrogen-bond donors (Lipinski definition) is 2. The first-order valence-electron chi connectivity index (χ1n) is 13.1. The van der Waals surface area contributed by atoms with Gasteiger partial charge in [-0.15, -0.1) is 12.4 Å². The average molecular weight is 575 g/mol. The van der Waals surface area contributed by atoms with Gasteiger partial charge in [-0.05, 0) is 93.9 Å². The molecule has 10 heteroatoms. The predicted octanol–water partition coefficient (Wildman–Crippen LogP) is 6.99. The van der Waals surface area contributed by atoms with Crippen LogP contribution in [0.25, 0.3) is 10.9 Å². The van der Waals surface area contributed by atoms with Gasteiger partial charge in [-0.1, -0.05) is 24.6 Å². The molecule has 7 nitrogen and oxygen atoms in total. The Morgan fingerprint density at radius 1 is 1.23 bits per heavy atom. The average Bonchev–Trinajstić information content (AvgIpc) is 2.88. The quantitative estimate of drug-likeness (QED) is 0.282. The maximum Gasteiger partial charge on any atom is 0.248 e. The third-order valence-electron chi connectivity index (χ3n) is 7.65. The van der Waals surface area contributed by atoms with E-state index < -0.39 is 5.82 Å². The lowest BCUT2D eigenvalue weighted by Crippen LogP contribution is -2.47. The molecule has 1 saturated heterocycles. The summed E-state index contributed by atoms with van der Waals surface area (Å²) in [5.74, 6) is 0.858. The highest BCUT2D eigenvalue weighted by atomic mass is 35.5. The minimum absolute atomic E-state index is 0. The highest BCUT2D eigenvalue weighted by Crippen LogP contribution is 2.52. The van der Waals surface area contributed by atoms with E-state index >= 15 is 0 Å². The molecular weight excluding hydrogens is 540 g/mol. The highest BCUT2D eigenvalue weighted by Gasteiger charge is 2.45. The van der Waals surface area contributed by atoms with Crippen LogP contribution >= 0.6 is 24.0 Å². The summed E-state index contributed by atoms with van der Waals surface area (Å²) in [6.45, 7) is 4.90. The summed E-state index contributed by atoms with van der Waals surface area (Å²) in [4.78, 5) is 23.8. The lowest BCUT2D eigenvalue weighted by Gasteiger charge is -2.51. The van der Waals surface area contributed by atoms with Crippen molar-refractivity contribution in [3.8, 4) is 5.75 Å². The number of halogens is 3. The van der Waals surface area contributed by atoms with E-state index in [-0.39, 0.29) is 23.3 Å². The van der Waals surface area contributed by atoms with E-state index in [4.69, 9.17) is 16.3 Å². The molecule has 3 aromatic rings. The van der Waals surface area contributed by atoms with Crippen LogP contribution in [-0.4, -0.2) is 47.5 Å². The number of piperidine rings is 1. The van der Waals surface area contributed by atoms with Crippen molar-refractivity contribution in [2.75, 3.05) is 37.4 Å². The number of ether oxygens (including phenoxy) is 1. The smallest absolute Gasteiger partial charge is 0.248 e. The Balaban J connectivity index is 0.00000353. The molecule has 0 bridgehead atoms. The molecule has 0 unspecified atom stereocenters. The maximum absolute atomic E-state index is 13.6. The lowest BCUT2D eigenvalue weighted by atomic mass is 9.58. The van der Waals surface area contributed by atoms with Gasteiger partial charge in [-0.2, -0.15) is 0 Å². The van der Waals surface area contributed by atoms with Gasteiger partial charge in [0.2, 0.25) is 5.91 Å². The van der Waals surface area contributed by atoms with Crippen molar-refractivity contribution in [1.29, 1.82) is 0 Å². The number of carbonyl (C=O) groups is 1. The second-order valence-electron chi connectivity index (χ2n) is 10.5. The fraction of sp³-hybridized carbons (Fsp3) is 0.414. The number of nitrogens with one attached hydrogen (secondary N) is 2. The van der Waals surface area contributed by atoms with Crippen LogP contribution in [0.3, 0.4) is 0 Å². The first-order chi connectivity index (χ1) is 18.3. The van der Waals surface area contributed by atoms with Crippen LogP contribution in [0, 0.1) is 17.2 Å². The number of hydrogen-bond acceptors (Lipinski definition) is 6. The number of benzene rings is 2. The molecule has 1 spiro atoms. The number of fused-ring (bicyclic) bond motifs is 1. The summed E-state index contributed by atoms with van der Waals surface area (Å²) in [6, 6.07) is 8.02. The molecule has 2 heterocycles. The minimum atomic E-state index is -0.495. The van der Waals surface area contributed by atoms with E-state index in [1.54, 1.807) is 12.1 Å². The topological polar surface area (TPSA) is 79.4 Å². The molecule has 2 aromatic carbocycles. The Hall–Kier alpha value is -2.94. The monoisotopic (exact) mass is 573 g/mol. The number of rotatable bonds is 8. The molecule has 1 saturated carbocycles. The summed E-state index contributed by atoms with van der Waals surface area (Å²) in [5, 5.41) is 6.83. The molecule has 0 radical (unpaired) electrons. The van der Waals surface area contributed by atoms with Crippen LogP contribution < -0.4 is 15.4 Å². The van der Waals surface area contributed by atoms with E-state index in [2.05, 4.69) is 32.5 Å². The fourth-order valence-electron chi connectivity index (χ4n) is 5.50. The number of allylic oxidation sites excluding steroid dienone is 1.